The molecule has 0 atom stereocenters. The van der Waals surface area contributed by atoms with E-state index in [9.17, 15) is 4.79 Å². The molecule has 0 aliphatic heterocycles. The van der Waals surface area contributed by atoms with Crippen molar-refractivity contribution in [2.24, 2.45) is 5.92 Å². The van der Waals surface area contributed by atoms with Crippen LogP contribution in [0.3, 0.4) is 0 Å². The fourth-order valence-corrected chi connectivity index (χ4v) is 2.26. The van der Waals surface area contributed by atoms with Gasteiger partial charge in [0.05, 0.1) is 6.61 Å². The second-order valence-electron chi connectivity index (χ2n) is 5.81. The Kier molecular flexibility index (Phi) is 5.62. The van der Waals surface area contributed by atoms with Crippen molar-refractivity contribution in [2.45, 2.75) is 26.7 Å². The van der Waals surface area contributed by atoms with Crippen LogP contribution in [0.1, 0.15) is 35.7 Å². The summed E-state index contributed by atoms with van der Waals surface area (Å²) in [4.78, 5) is 14.2. The van der Waals surface area contributed by atoms with Crippen molar-refractivity contribution in [3.63, 3.8) is 0 Å². The maximum Gasteiger partial charge on any atom is 0.253 e. The Morgan fingerprint density at radius 3 is 2.81 bits per heavy atom. The van der Waals surface area contributed by atoms with Gasteiger partial charge in [-0.2, -0.15) is 0 Å². The fourth-order valence-electron chi connectivity index (χ4n) is 2.26. The topological polar surface area (TPSA) is 41.6 Å². The number of likely N-dealkylation sites (N-methyl/N-ethyl adjacent to an activating group) is 1. The predicted octanol–water partition coefficient (Wildman–Crippen LogP) is 2.93. The van der Waals surface area contributed by atoms with Crippen molar-refractivity contribution in [1.82, 2.24) is 4.90 Å². The Bertz CT molecular complexity index is 484. The number of amides is 1. The first-order chi connectivity index (χ1) is 10.1. The van der Waals surface area contributed by atoms with E-state index in [1.807, 2.05) is 32.2 Å². The van der Waals surface area contributed by atoms with Gasteiger partial charge in [0, 0.05) is 38.0 Å². The molecular weight excluding hydrogens is 264 g/mol. The average molecular weight is 290 g/mol. The van der Waals surface area contributed by atoms with Gasteiger partial charge < -0.3 is 15.0 Å². The minimum Gasteiger partial charge on any atom is -0.385 e. The van der Waals surface area contributed by atoms with Gasteiger partial charge >= 0.3 is 0 Å². The van der Waals surface area contributed by atoms with E-state index in [0.29, 0.717) is 13.2 Å². The van der Waals surface area contributed by atoms with E-state index in [1.165, 1.54) is 12.8 Å². The van der Waals surface area contributed by atoms with E-state index in [4.69, 9.17) is 4.74 Å². The molecule has 1 aliphatic carbocycles. The number of nitrogens with one attached hydrogen (secondary N) is 1. The van der Waals surface area contributed by atoms with Gasteiger partial charge in [-0.3, -0.25) is 4.79 Å². The molecular formula is C17H26N2O2. The number of ether oxygens (including phenoxy) is 1. The van der Waals surface area contributed by atoms with Gasteiger partial charge in [-0.05, 0) is 56.4 Å². The van der Waals surface area contributed by atoms with Crippen molar-refractivity contribution in [3.05, 3.63) is 29.3 Å². The number of nitrogens with zero attached hydrogens (tertiary/aromatic N) is 1. The van der Waals surface area contributed by atoms with Crippen LogP contribution in [0.2, 0.25) is 0 Å². The molecule has 2 rings (SSSR count). The van der Waals surface area contributed by atoms with Crippen molar-refractivity contribution in [1.29, 1.82) is 0 Å². The molecule has 21 heavy (non-hydrogen) atoms. The summed E-state index contributed by atoms with van der Waals surface area (Å²) >= 11 is 0. The highest BCUT2D eigenvalue weighted by Crippen LogP contribution is 2.28. The van der Waals surface area contributed by atoms with Crippen LogP contribution in [0.4, 0.5) is 5.69 Å². The number of hydrogen-bond acceptors (Lipinski definition) is 3. The molecule has 0 radical (unpaired) electrons. The van der Waals surface area contributed by atoms with E-state index in [2.05, 4.69) is 12.2 Å². The first-order valence-electron chi connectivity index (χ1n) is 7.79. The molecule has 1 aromatic carbocycles. The molecule has 0 aromatic heterocycles. The second-order valence-corrected chi connectivity index (χ2v) is 5.81. The lowest BCUT2D eigenvalue weighted by Crippen LogP contribution is -2.30. The number of aryl methyl sites for hydroxylation is 1. The third-order valence-electron chi connectivity index (χ3n) is 3.81. The minimum absolute atomic E-state index is 0.0607. The SMILES string of the molecule is CCNc1ccc(C(=O)N(C)CCOCC2CC2)c(C)c1. The first kappa shape index (κ1) is 15.8. The number of carbonyl (C=O) groups excluding carboxylic acids is 1. The summed E-state index contributed by atoms with van der Waals surface area (Å²) in [5.41, 5.74) is 2.83. The van der Waals surface area contributed by atoms with Crippen LogP contribution in [-0.2, 0) is 4.74 Å². The van der Waals surface area contributed by atoms with Crippen molar-refractivity contribution in [2.75, 3.05) is 38.7 Å². The highest BCUT2D eigenvalue weighted by atomic mass is 16.5. The molecule has 0 saturated heterocycles. The summed E-state index contributed by atoms with van der Waals surface area (Å²) in [6.07, 6.45) is 2.60. The zero-order chi connectivity index (χ0) is 15.2. The second kappa shape index (κ2) is 7.46. The van der Waals surface area contributed by atoms with Crippen LogP contribution < -0.4 is 5.32 Å². The van der Waals surface area contributed by atoms with Gasteiger partial charge in [0.1, 0.15) is 0 Å². The van der Waals surface area contributed by atoms with Crippen LogP contribution >= 0.6 is 0 Å². The van der Waals surface area contributed by atoms with Crippen LogP contribution in [0.15, 0.2) is 18.2 Å². The molecule has 1 saturated carbocycles. The van der Waals surface area contributed by atoms with Gasteiger partial charge in [0.15, 0.2) is 0 Å². The largest absolute Gasteiger partial charge is 0.385 e. The Morgan fingerprint density at radius 2 is 2.19 bits per heavy atom. The monoisotopic (exact) mass is 290 g/mol. The lowest BCUT2D eigenvalue weighted by atomic mass is 10.1. The Balaban J connectivity index is 1.85. The quantitative estimate of drug-likeness (QED) is 0.748. The van der Waals surface area contributed by atoms with Gasteiger partial charge in [-0.25, -0.2) is 0 Å². The molecule has 0 spiro atoms. The Hall–Kier alpha value is -1.55. The summed E-state index contributed by atoms with van der Waals surface area (Å²) in [6, 6.07) is 5.88. The molecule has 0 heterocycles. The summed E-state index contributed by atoms with van der Waals surface area (Å²) in [5, 5.41) is 3.26. The molecule has 1 amide bonds. The molecule has 0 unspecified atom stereocenters. The zero-order valence-corrected chi connectivity index (χ0v) is 13.3. The van der Waals surface area contributed by atoms with E-state index >= 15 is 0 Å². The van der Waals surface area contributed by atoms with E-state index in [-0.39, 0.29) is 5.91 Å². The van der Waals surface area contributed by atoms with Gasteiger partial charge in [0.2, 0.25) is 0 Å². The maximum absolute atomic E-state index is 12.4. The summed E-state index contributed by atoms with van der Waals surface area (Å²) < 4.78 is 5.59. The predicted molar refractivity (Wildman–Crippen MR) is 85.8 cm³/mol. The van der Waals surface area contributed by atoms with Crippen molar-refractivity contribution in [3.8, 4) is 0 Å². The van der Waals surface area contributed by atoms with E-state index in [1.54, 1.807) is 4.90 Å². The molecule has 1 fully saturated rings. The average Bonchev–Trinajstić information content (AvgIpc) is 3.27. The normalized spacial score (nSPS) is 14.0. The van der Waals surface area contributed by atoms with Crippen LogP contribution in [0.25, 0.3) is 0 Å². The molecule has 0 bridgehead atoms. The highest BCUT2D eigenvalue weighted by molar-refractivity contribution is 5.95. The Labute approximate surface area is 127 Å². The van der Waals surface area contributed by atoms with E-state index < -0.39 is 0 Å². The smallest absolute Gasteiger partial charge is 0.253 e. The third-order valence-corrected chi connectivity index (χ3v) is 3.81. The first-order valence-corrected chi connectivity index (χ1v) is 7.79. The van der Waals surface area contributed by atoms with Crippen LogP contribution in [0, 0.1) is 12.8 Å². The minimum atomic E-state index is 0.0607. The van der Waals surface area contributed by atoms with Crippen LogP contribution in [-0.4, -0.2) is 44.2 Å². The summed E-state index contributed by atoms with van der Waals surface area (Å²) in [6.45, 7) is 7.02. The number of benzene rings is 1. The summed E-state index contributed by atoms with van der Waals surface area (Å²) in [5.74, 6) is 0.831. The third kappa shape index (κ3) is 4.74. The molecule has 116 valence electrons. The Morgan fingerprint density at radius 1 is 1.43 bits per heavy atom. The number of anilines is 1. The maximum atomic E-state index is 12.4. The van der Waals surface area contributed by atoms with Crippen molar-refractivity contribution < 1.29 is 9.53 Å². The molecule has 4 nitrogen and oxygen atoms in total. The van der Waals surface area contributed by atoms with E-state index in [0.717, 1.165) is 35.9 Å². The zero-order valence-electron chi connectivity index (χ0n) is 13.3. The lowest BCUT2D eigenvalue weighted by molar-refractivity contribution is 0.0680. The molecule has 1 N–H and O–H groups in total. The standard InChI is InChI=1S/C17H26N2O2/c1-4-18-15-7-8-16(13(2)11-15)17(20)19(3)9-10-21-12-14-5-6-14/h7-8,11,14,18H,4-6,9-10,12H2,1-3H3. The molecule has 4 heteroatoms. The summed E-state index contributed by atoms with van der Waals surface area (Å²) in [7, 11) is 1.83. The van der Waals surface area contributed by atoms with Crippen LogP contribution in [0.5, 0.6) is 0 Å². The molecule has 1 aromatic rings. The van der Waals surface area contributed by atoms with Gasteiger partial charge in [-0.1, -0.05) is 0 Å². The van der Waals surface area contributed by atoms with Gasteiger partial charge in [0.25, 0.3) is 5.91 Å². The number of hydrogen-bond donors (Lipinski definition) is 1. The van der Waals surface area contributed by atoms with Crippen molar-refractivity contribution >= 4 is 11.6 Å². The fraction of sp³-hybridized carbons (Fsp3) is 0.588. The van der Waals surface area contributed by atoms with Gasteiger partial charge in [-0.15, -0.1) is 0 Å². The number of rotatable bonds is 8. The lowest BCUT2D eigenvalue weighted by Gasteiger charge is -2.19. The number of carbonyl (C=O) groups is 1. The molecule has 1 aliphatic rings. The highest BCUT2D eigenvalue weighted by Gasteiger charge is 2.21.